The standard InChI is InChI=1S/C11H16N2.C6H13BO2/c1-10-4-8-13(9-5-10)11-2-6-12-7-3-11;1-5(2)6(3,4)9-7-8-5/h2-3,6-7,10H,4-5,8-9H2,1H3;7H,1-4H3. The molecule has 3 heterocycles. The van der Waals surface area contributed by atoms with Gasteiger partial charge in [-0.25, -0.2) is 0 Å². The Morgan fingerprint density at radius 1 is 1.05 bits per heavy atom. The first-order valence-corrected chi connectivity index (χ1v) is 8.25. The Labute approximate surface area is 135 Å². The van der Waals surface area contributed by atoms with Crippen LogP contribution in [0.1, 0.15) is 47.5 Å². The van der Waals surface area contributed by atoms with Gasteiger partial charge in [0, 0.05) is 31.2 Å². The van der Waals surface area contributed by atoms with Crippen LogP contribution in [-0.4, -0.2) is 37.0 Å². The Hall–Kier alpha value is -1.07. The van der Waals surface area contributed by atoms with Gasteiger partial charge in [-0.15, -0.1) is 0 Å². The van der Waals surface area contributed by atoms with Crippen LogP contribution in [0.3, 0.4) is 0 Å². The van der Waals surface area contributed by atoms with E-state index >= 15 is 0 Å². The van der Waals surface area contributed by atoms with E-state index in [0.29, 0.717) is 7.69 Å². The molecule has 2 saturated heterocycles. The fraction of sp³-hybridized carbons (Fsp3) is 0.706. The normalized spacial score (nSPS) is 23.4. The van der Waals surface area contributed by atoms with Crippen LogP contribution in [0.4, 0.5) is 5.69 Å². The SMILES string of the molecule is CC1(C)OBOC1(C)C.CC1CCN(c2ccncc2)CC1. The summed E-state index contributed by atoms with van der Waals surface area (Å²) >= 11 is 0. The maximum atomic E-state index is 5.33. The molecule has 1 aromatic heterocycles. The zero-order chi connectivity index (χ0) is 16.2. The lowest BCUT2D eigenvalue weighted by atomic mass is 9.90. The van der Waals surface area contributed by atoms with E-state index in [0.717, 1.165) is 5.92 Å². The first-order valence-electron chi connectivity index (χ1n) is 8.25. The smallest absolute Gasteiger partial charge is 0.406 e. The fourth-order valence-corrected chi connectivity index (χ4v) is 2.49. The van der Waals surface area contributed by atoms with Crippen LogP contribution in [-0.2, 0) is 9.31 Å². The van der Waals surface area contributed by atoms with Gasteiger partial charge in [-0.05, 0) is 58.6 Å². The molecule has 0 aromatic carbocycles. The molecule has 0 atom stereocenters. The maximum absolute atomic E-state index is 5.33. The highest BCUT2D eigenvalue weighted by atomic mass is 16.7. The van der Waals surface area contributed by atoms with Crippen molar-refractivity contribution in [3.8, 4) is 0 Å². The van der Waals surface area contributed by atoms with Crippen molar-refractivity contribution in [2.75, 3.05) is 18.0 Å². The Bertz CT molecular complexity index is 443. The van der Waals surface area contributed by atoms with E-state index in [9.17, 15) is 0 Å². The Morgan fingerprint density at radius 2 is 1.55 bits per heavy atom. The average Bonchev–Trinajstić information content (AvgIpc) is 2.73. The minimum atomic E-state index is -0.132. The van der Waals surface area contributed by atoms with Gasteiger partial charge in [0.25, 0.3) is 0 Å². The van der Waals surface area contributed by atoms with Crippen LogP contribution >= 0.6 is 0 Å². The van der Waals surface area contributed by atoms with Gasteiger partial charge in [-0.1, -0.05) is 6.92 Å². The summed E-state index contributed by atoms with van der Waals surface area (Å²) in [6, 6.07) is 4.19. The number of rotatable bonds is 1. The Kier molecular flexibility index (Phi) is 5.51. The van der Waals surface area contributed by atoms with E-state index in [-0.39, 0.29) is 11.2 Å². The number of anilines is 1. The van der Waals surface area contributed by atoms with Crippen molar-refractivity contribution in [2.45, 2.75) is 58.7 Å². The third kappa shape index (κ3) is 4.23. The van der Waals surface area contributed by atoms with Crippen molar-refractivity contribution in [3.05, 3.63) is 24.5 Å². The molecule has 1 aromatic rings. The lowest BCUT2D eigenvalue weighted by Crippen LogP contribution is -2.41. The highest BCUT2D eigenvalue weighted by molar-refractivity contribution is 6.19. The van der Waals surface area contributed by atoms with Gasteiger partial charge in [0.05, 0.1) is 11.2 Å². The number of hydrogen-bond donors (Lipinski definition) is 0. The van der Waals surface area contributed by atoms with E-state index < -0.39 is 0 Å². The molecular formula is C17H29BN2O2. The summed E-state index contributed by atoms with van der Waals surface area (Å²) in [5, 5.41) is 0. The minimum Gasteiger partial charge on any atom is -0.406 e. The molecule has 122 valence electrons. The second kappa shape index (κ2) is 7.01. The lowest BCUT2D eigenvalue weighted by molar-refractivity contribution is 0.00578. The maximum Gasteiger partial charge on any atom is 0.439 e. The van der Waals surface area contributed by atoms with Gasteiger partial charge >= 0.3 is 7.69 Å². The summed E-state index contributed by atoms with van der Waals surface area (Å²) in [6.45, 7) is 12.9. The number of piperidine rings is 1. The lowest BCUT2D eigenvalue weighted by Gasteiger charge is -2.32. The third-order valence-corrected chi connectivity index (χ3v) is 5.10. The van der Waals surface area contributed by atoms with Gasteiger partial charge in [-0.3, -0.25) is 4.98 Å². The molecule has 0 aliphatic carbocycles. The van der Waals surface area contributed by atoms with E-state index in [4.69, 9.17) is 9.31 Å². The molecule has 4 nitrogen and oxygen atoms in total. The molecule has 0 unspecified atom stereocenters. The molecule has 2 aliphatic heterocycles. The third-order valence-electron chi connectivity index (χ3n) is 5.10. The molecular weight excluding hydrogens is 275 g/mol. The number of nitrogens with zero attached hydrogens (tertiary/aromatic N) is 2. The van der Waals surface area contributed by atoms with Crippen LogP contribution in [0.5, 0.6) is 0 Å². The molecule has 0 spiro atoms. The van der Waals surface area contributed by atoms with Crippen LogP contribution < -0.4 is 4.90 Å². The van der Waals surface area contributed by atoms with Crippen LogP contribution in [0, 0.1) is 5.92 Å². The number of aromatic nitrogens is 1. The summed E-state index contributed by atoms with van der Waals surface area (Å²) in [6.07, 6.45) is 6.38. The van der Waals surface area contributed by atoms with Gasteiger partial charge in [0.2, 0.25) is 0 Å². The number of hydrogen-bond acceptors (Lipinski definition) is 4. The molecule has 0 amide bonds. The van der Waals surface area contributed by atoms with E-state index in [1.165, 1.54) is 31.6 Å². The van der Waals surface area contributed by atoms with Crippen molar-refractivity contribution in [1.82, 2.24) is 4.98 Å². The first-order chi connectivity index (χ1) is 10.3. The fourth-order valence-electron chi connectivity index (χ4n) is 2.49. The summed E-state index contributed by atoms with van der Waals surface area (Å²) in [7, 11) is 0.431. The van der Waals surface area contributed by atoms with Gasteiger partial charge in [0.15, 0.2) is 0 Å². The summed E-state index contributed by atoms with van der Waals surface area (Å²) in [5.74, 6) is 0.901. The van der Waals surface area contributed by atoms with Gasteiger partial charge in [0.1, 0.15) is 0 Å². The molecule has 2 aliphatic rings. The van der Waals surface area contributed by atoms with E-state index in [2.05, 4.69) is 28.9 Å². The van der Waals surface area contributed by atoms with Crippen LogP contribution in [0.2, 0.25) is 0 Å². The van der Waals surface area contributed by atoms with Crippen molar-refractivity contribution >= 4 is 13.4 Å². The van der Waals surface area contributed by atoms with Crippen molar-refractivity contribution < 1.29 is 9.31 Å². The first kappa shape index (κ1) is 17.3. The molecule has 5 heteroatoms. The van der Waals surface area contributed by atoms with Crippen LogP contribution in [0.15, 0.2) is 24.5 Å². The van der Waals surface area contributed by atoms with Crippen LogP contribution in [0.25, 0.3) is 0 Å². The summed E-state index contributed by atoms with van der Waals surface area (Å²) in [5.41, 5.74) is 1.06. The molecule has 0 saturated carbocycles. The molecule has 0 N–H and O–H groups in total. The second-order valence-electron chi connectivity index (χ2n) is 7.30. The highest BCUT2D eigenvalue weighted by Gasteiger charge is 2.44. The Balaban J connectivity index is 0.000000172. The molecule has 0 bridgehead atoms. The largest absolute Gasteiger partial charge is 0.439 e. The van der Waals surface area contributed by atoms with Crippen molar-refractivity contribution in [1.29, 1.82) is 0 Å². The second-order valence-corrected chi connectivity index (χ2v) is 7.30. The predicted octanol–water partition coefficient (Wildman–Crippen LogP) is 3.17. The average molecular weight is 304 g/mol. The zero-order valence-corrected chi connectivity index (χ0v) is 14.6. The van der Waals surface area contributed by atoms with Crippen molar-refractivity contribution in [3.63, 3.8) is 0 Å². The highest BCUT2D eigenvalue weighted by Crippen LogP contribution is 2.33. The quantitative estimate of drug-likeness (QED) is 0.746. The van der Waals surface area contributed by atoms with Gasteiger partial charge in [-0.2, -0.15) is 0 Å². The van der Waals surface area contributed by atoms with Gasteiger partial charge < -0.3 is 14.2 Å². The van der Waals surface area contributed by atoms with Crippen molar-refractivity contribution in [2.24, 2.45) is 5.92 Å². The summed E-state index contributed by atoms with van der Waals surface area (Å²) in [4.78, 5) is 6.47. The molecule has 22 heavy (non-hydrogen) atoms. The monoisotopic (exact) mass is 304 g/mol. The Morgan fingerprint density at radius 3 is 1.95 bits per heavy atom. The van der Waals surface area contributed by atoms with E-state index in [1.807, 2.05) is 40.1 Å². The zero-order valence-electron chi connectivity index (χ0n) is 14.6. The number of pyridine rings is 1. The predicted molar refractivity (Wildman–Crippen MR) is 92.3 cm³/mol. The minimum absolute atomic E-state index is 0.132. The molecule has 0 radical (unpaired) electrons. The molecule has 3 rings (SSSR count). The molecule has 2 fully saturated rings. The topological polar surface area (TPSA) is 34.6 Å². The van der Waals surface area contributed by atoms with E-state index in [1.54, 1.807) is 0 Å². The summed E-state index contributed by atoms with van der Waals surface area (Å²) < 4.78 is 10.7.